The standard InChI is InChI=1S/C7H9NO2S/c1-7(9)10-8-4-2-3-5-11-6-8/h2-5H,6H2,1H3. The lowest BCUT2D eigenvalue weighted by molar-refractivity contribution is -0.171. The van der Waals surface area contributed by atoms with Crippen LogP contribution >= 0.6 is 11.8 Å². The first-order valence-corrected chi connectivity index (χ1v) is 4.24. The first-order chi connectivity index (χ1) is 5.29. The Balaban J connectivity index is 2.41. The van der Waals surface area contributed by atoms with Crippen LogP contribution in [0.25, 0.3) is 0 Å². The Kier molecular flexibility index (Phi) is 3.04. The molecule has 11 heavy (non-hydrogen) atoms. The van der Waals surface area contributed by atoms with Crippen molar-refractivity contribution >= 4 is 17.7 Å². The van der Waals surface area contributed by atoms with Crippen LogP contribution in [0.1, 0.15) is 6.92 Å². The van der Waals surface area contributed by atoms with Gasteiger partial charge in [-0.2, -0.15) is 0 Å². The molecule has 0 aromatic rings. The highest BCUT2D eigenvalue weighted by Gasteiger charge is 2.02. The zero-order valence-corrected chi connectivity index (χ0v) is 7.00. The first kappa shape index (κ1) is 8.20. The van der Waals surface area contributed by atoms with E-state index in [-0.39, 0.29) is 5.97 Å². The van der Waals surface area contributed by atoms with Crippen molar-refractivity contribution in [1.82, 2.24) is 5.06 Å². The van der Waals surface area contributed by atoms with Gasteiger partial charge in [0.15, 0.2) is 0 Å². The van der Waals surface area contributed by atoms with E-state index in [1.807, 2.05) is 17.6 Å². The van der Waals surface area contributed by atoms with Gasteiger partial charge >= 0.3 is 5.97 Å². The summed E-state index contributed by atoms with van der Waals surface area (Å²) in [6.07, 6.45) is 5.44. The van der Waals surface area contributed by atoms with E-state index in [0.29, 0.717) is 5.88 Å². The Morgan fingerprint density at radius 2 is 2.45 bits per heavy atom. The molecule has 0 saturated heterocycles. The van der Waals surface area contributed by atoms with Crippen LogP contribution in [0.3, 0.4) is 0 Å². The van der Waals surface area contributed by atoms with Gasteiger partial charge in [0.1, 0.15) is 5.88 Å². The summed E-state index contributed by atoms with van der Waals surface area (Å²) in [5.41, 5.74) is 0. The van der Waals surface area contributed by atoms with E-state index in [9.17, 15) is 4.79 Å². The molecule has 0 radical (unpaired) electrons. The summed E-state index contributed by atoms with van der Waals surface area (Å²) in [5.74, 6) is 0.351. The second-order valence-electron chi connectivity index (χ2n) is 1.97. The maximum absolute atomic E-state index is 10.5. The SMILES string of the molecule is CC(=O)ON1C=CC=CSC1. The minimum absolute atomic E-state index is 0.294. The van der Waals surface area contributed by atoms with Crippen LogP contribution < -0.4 is 0 Å². The topological polar surface area (TPSA) is 29.5 Å². The van der Waals surface area contributed by atoms with Crippen molar-refractivity contribution in [3.8, 4) is 0 Å². The monoisotopic (exact) mass is 171 g/mol. The zero-order chi connectivity index (χ0) is 8.10. The van der Waals surface area contributed by atoms with E-state index < -0.39 is 0 Å². The predicted molar refractivity (Wildman–Crippen MR) is 44.3 cm³/mol. The minimum Gasteiger partial charge on any atom is -0.341 e. The number of hydroxylamine groups is 2. The van der Waals surface area contributed by atoms with Crippen molar-refractivity contribution in [2.45, 2.75) is 6.92 Å². The Bertz CT molecular complexity index is 201. The lowest BCUT2D eigenvalue weighted by Crippen LogP contribution is -2.19. The number of carbonyl (C=O) groups is 1. The highest BCUT2D eigenvalue weighted by Crippen LogP contribution is 2.10. The van der Waals surface area contributed by atoms with Crippen molar-refractivity contribution in [3.05, 3.63) is 23.8 Å². The molecule has 0 bridgehead atoms. The van der Waals surface area contributed by atoms with Crippen molar-refractivity contribution in [2.24, 2.45) is 0 Å². The molecule has 0 spiro atoms. The molecule has 1 aliphatic heterocycles. The van der Waals surface area contributed by atoms with Gasteiger partial charge < -0.3 is 4.84 Å². The number of nitrogens with zero attached hydrogens (tertiary/aromatic N) is 1. The molecule has 0 N–H and O–H groups in total. The van der Waals surface area contributed by atoms with Crippen LogP contribution in [-0.4, -0.2) is 16.9 Å². The summed E-state index contributed by atoms with van der Waals surface area (Å²) in [4.78, 5) is 15.3. The van der Waals surface area contributed by atoms with E-state index in [4.69, 9.17) is 4.84 Å². The van der Waals surface area contributed by atoms with Crippen molar-refractivity contribution in [3.63, 3.8) is 0 Å². The lowest BCUT2D eigenvalue weighted by atomic mass is 10.6. The number of hydrogen-bond acceptors (Lipinski definition) is 4. The highest BCUT2D eigenvalue weighted by molar-refractivity contribution is 8.02. The molecule has 0 amide bonds. The molecule has 60 valence electrons. The fourth-order valence-electron chi connectivity index (χ4n) is 0.628. The molecule has 1 rings (SSSR count). The Hall–Kier alpha value is -0.900. The molecule has 4 heteroatoms. The van der Waals surface area contributed by atoms with Crippen molar-refractivity contribution in [2.75, 3.05) is 5.88 Å². The van der Waals surface area contributed by atoms with Gasteiger partial charge in [0.2, 0.25) is 0 Å². The Labute approximate surface area is 69.7 Å². The fraction of sp³-hybridized carbons (Fsp3) is 0.286. The average Bonchev–Trinajstić information content (AvgIpc) is 2.14. The van der Waals surface area contributed by atoms with Gasteiger partial charge in [-0.15, -0.1) is 11.8 Å². The van der Waals surface area contributed by atoms with E-state index in [0.717, 1.165) is 0 Å². The normalized spacial score (nSPS) is 16.3. The molecule has 0 atom stereocenters. The van der Waals surface area contributed by atoms with Gasteiger partial charge in [-0.05, 0) is 11.5 Å². The quantitative estimate of drug-likeness (QED) is 0.598. The predicted octanol–water partition coefficient (Wildman–Crippen LogP) is 1.50. The van der Waals surface area contributed by atoms with Crippen LogP contribution in [0, 0.1) is 0 Å². The van der Waals surface area contributed by atoms with Crippen LogP contribution in [0.2, 0.25) is 0 Å². The fourth-order valence-corrected chi connectivity index (χ4v) is 1.20. The molecule has 3 nitrogen and oxygen atoms in total. The summed E-state index contributed by atoms with van der Waals surface area (Å²) in [7, 11) is 0. The minimum atomic E-state index is -0.294. The van der Waals surface area contributed by atoms with E-state index in [2.05, 4.69) is 0 Å². The lowest BCUT2D eigenvalue weighted by Gasteiger charge is -2.15. The number of thioether (sulfide) groups is 1. The largest absolute Gasteiger partial charge is 0.341 e. The van der Waals surface area contributed by atoms with Crippen LogP contribution in [0.15, 0.2) is 23.8 Å². The molecule has 0 unspecified atom stereocenters. The van der Waals surface area contributed by atoms with E-state index in [1.165, 1.54) is 12.0 Å². The molecular weight excluding hydrogens is 162 g/mol. The smallest absolute Gasteiger partial charge is 0.329 e. The molecule has 0 fully saturated rings. The van der Waals surface area contributed by atoms with E-state index >= 15 is 0 Å². The molecule has 0 saturated carbocycles. The van der Waals surface area contributed by atoms with Gasteiger partial charge in [-0.3, -0.25) is 4.79 Å². The maximum Gasteiger partial charge on any atom is 0.329 e. The molecule has 1 heterocycles. The molecule has 0 aromatic heterocycles. The summed E-state index contributed by atoms with van der Waals surface area (Å²) in [5, 5.41) is 3.44. The second-order valence-corrected chi connectivity index (χ2v) is 2.83. The van der Waals surface area contributed by atoms with E-state index in [1.54, 1.807) is 18.0 Å². The third kappa shape index (κ3) is 3.13. The van der Waals surface area contributed by atoms with Gasteiger partial charge in [-0.25, -0.2) is 5.06 Å². The van der Waals surface area contributed by atoms with Gasteiger partial charge in [0.05, 0.1) is 0 Å². The second kappa shape index (κ2) is 4.08. The first-order valence-electron chi connectivity index (χ1n) is 3.19. The zero-order valence-electron chi connectivity index (χ0n) is 6.19. The summed E-state index contributed by atoms with van der Waals surface area (Å²) in [6.45, 7) is 1.39. The third-order valence-electron chi connectivity index (χ3n) is 0.986. The Morgan fingerprint density at radius 1 is 1.64 bits per heavy atom. The molecule has 0 aliphatic carbocycles. The van der Waals surface area contributed by atoms with Gasteiger partial charge in [-0.1, -0.05) is 6.08 Å². The number of rotatable bonds is 1. The van der Waals surface area contributed by atoms with Crippen LogP contribution in [-0.2, 0) is 9.63 Å². The third-order valence-corrected chi connectivity index (χ3v) is 1.74. The summed E-state index contributed by atoms with van der Waals surface area (Å²) >= 11 is 1.57. The number of hydrogen-bond donors (Lipinski definition) is 0. The molecular formula is C7H9NO2S. The molecule has 0 aromatic carbocycles. The van der Waals surface area contributed by atoms with Crippen molar-refractivity contribution in [1.29, 1.82) is 0 Å². The maximum atomic E-state index is 10.5. The van der Waals surface area contributed by atoms with Gasteiger partial charge in [0, 0.05) is 13.1 Å². The average molecular weight is 171 g/mol. The number of carbonyl (C=O) groups excluding carboxylic acids is 1. The van der Waals surface area contributed by atoms with Crippen molar-refractivity contribution < 1.29 is 9.63 Å². The van der Waals surface area contributed by atoms with Crippen LogP contribution in [0.5, 0.6) is 0 Å². The van der Waals surface area contributed by atoms with Crippen LogP contribution in [0.4, 0.5) is 0 Å². The molecule has 1 aliphatic rings. The number of allylic oxidation sites excluding steroid dienone is 2. The highest BCUT2D eigenvalue weighted by atomic mass is 32.2. The summed E-state index contributed by atoms with van der Waals surface area (Å²) < 4.78 is 0. The summed E-state index contributed by atoms with van der Waals surface area (Å²) in [6, 6.07) is 0. The van der Waals surface area contributed by atoms with Gasteiger partial charge in [0.25, 0.3) is 0 Å². The Morgan fingerprint density at radius 3 is 3.18 bits per heavy atom.